The first-order chi connectivity index (χ1) is 11.6. The number of hydrogen-bond acceptors (Lipinski definition) is 4. The fraction of sp³-hybridized carbons (Fsp3) is 0.556. The Kier molecular flexibility index (Phi) is 7.06. The van der Waals surface area contributed by atoms with Crippen molar-refractivity contribution in [3.8, 4) is 5.75 Å². The molecule has 24 heavy (non-hydrogen) atoms. The molecule has 1 aromatic carbocycles. The quantitative estimate of drug-likeness (QED) is 0.676. The molecule has 0 saturated carbocycles. The Balaban J connectivity index is 1.68. The van der Waals surface area contributed by atoms with Crippen LogP contribution < -0.4 is 10.1 Å². The van der Waals surface area contributed by atoms with Gasteiger partial charge in [0.2, 0.25) is 5.91 Å². The number of nitrogens with one attached hydrogen (secondary N) is 1. The van der Waals surface area contributed by atoms with Gasteiger partial charge in [-0.3, -0.25) is 4.79 Å². The second kappa shape index (κ2) is 9.27. The molecule has 0 unspecified atom stereocenters. The predicted octanol–water partition coefficient (Wildman–Crippen LogP) is 2.16. The number of aliphatic carboxylic acids is 1. The van der Waals surface area contributed by atoms with Crippen LogP contribution in [-0.4, -0.2) is 42.3 Å². The molecule has 6 nitrogen and oxygen atoms in total. The molecule has 6 heteroatoms. The Morgan fingerprint density at radius 2 is 1.96 bits per heavy atom. The average molecular weight is 335 g/mol. The van der Waals surface area contributed by atoms with E-state index in [1.165, 1.54) is 0 Å². The summed E-state index contributed by atoms with van der Waals surface area (Å²) in [4.78, 5) is 22.8. The van der Waals surface area contributed by atoms with Gasteiger partial charge in [-0.15, -0.1) is 0 Å². The van der Waals surface area contributed by atoms with Crippen LogP contribution in [0.2, 0.25) is 0 Å². The first-order valence-electron chi connectivity index (χ1n) is 8.48. The van der Waals surface area contributed by atoms with Gasteiger partial charge in [-0.2, -0.15) is 0 Å². The maximum absolute atomic E-state index is 12.0. The Labute approximate surface area is 142 Å². The maximum atomic E-state index is 12.0. The number of ether oxygens (including phenoxy) is 2. The third-order valence-electron chi connectivity index (χ3n) is 3.99. The zero-order chi connectivity index (χ0) is 17.4. The van der Waals surface area contributed by atoms with E-state index >= 15 is 0 Å². The van der Waals surface area contributed by atoms with Crippen molar-refractivity contribution >= 4 is 11.9 Å². The van der Waals surface area contributed by atoms with E-state index in [9.17, 15) is 9.59 Å². The summed E-state index contributed by atoms with van der Waals surface area (Å²) in [7, 11) is 0. The summed E-state index contributed by atoms with van der Waals surface area (Å²) in [5.41, 5.74) is 1.11. The molecular formula is C18H25NO5. The lowest BCUT2D eigenvalue weighted by molar-refractivity contribution is -0.151. The Hall–Kier alpha value is -2.08. The summed E-state index contributed by atoms with van der Waals surface area (Å²) >= 11 is 0. The number of rotatable bonds is 9. The summed E-state index contributed by atoms with van der Waals surface area (Å²) in [6.07, 6.45) is 2.17. The molecule has 1 saturated heterocycles. The van der Waals surface area contributed by atoms with Gasteiger partial charge >= 0.3 is 5.97 Å². The molecule has 2 rings (SSSR count). The van der Waals surface area contributed by atoms with Gasteiger partial charge in [0, 0.05) is 6.54 Å². The molecule has 1 fully saturated rings. The molecule has 2 atom stereocenters. The van der Waals surface area contributed by atoms with Gasteiger partial charge in [0.25, 0.3) is 0 Å². The van der Waals surface area contributed by atoms with E-state index in [0.29, 0.717) is 25.8 Å². The lowest BCUT2D eigenvalue weighted by Crippen LogP contribution is -2.36. The number of amides is 1. The maximum Gasteiger partial charge on any atom is 0.332 e. The normalized spacial score (nSPS) is 19.9. The van der Waals surface area contributed by atoms with Gasteiger partial charge in [0.1, 0.15) is 11.9 Å². The topological polar surface area (TPSA) is 84.9 Å². The van der Waals surface area contributed by atoms with E-state index in [-0.39, 0.29) is 5.91 Å². The van der Waals surface area contributed by atoms with Gasteiger partial charge < -0.3 is 19.9 Å². The van der Waals surface area contributed by atoms with Crippen molar-refractivity contribution in [2.24, 2.45) is 0 Å². The van der Waals surface area contributed by atoms with Gasteiger partial charge in [0.05, 0.1) is 6.61 Å². The van der Waals surface area contributed by atoms with Gasteiger partial charge in [-0.25, -0.2) is 4.79 Å². The van der Waals surface area contributed by atoms with E-state index in [2.05, 4.69) is 12.2 Å². The molecule has 1 aliphatic heterocycles. The highest BCUT2D eigenvalue weighted by Gasteiger charge is 2.34. The van der Waals surface area contributed by atoms with Crippen LogP contribution >= 0.6 is 0 Å². The van der Waals surface area contributed by atoms with E-state index < -0.39 is 18.2 Å². The molecular weight excluding hydrogens is 310 g/mol. The highest BCUT2D eigenvalue weighted by molar-refractivity contribution is 5.82. The molecule has 1 heterocycles. The zero-order valence-electron chi connectivity index (χ0n) is 14.0. The van der Waals surface area contributed by atoms with Crippen LogP contribution in [0.3, 0.4) is 0 Å². The molecule has 1 amide bonds. The van der Waals surface area contributed by atoms with Crippen molar-refractivity contribution in [2.45, 2.75) is 51.2 Å². The summed E-state index contributed by atoms with van der Waals surface area (Å²) in [6.45, 7) is 3.34. The summed E-state index contributed by atoms with van der Waals surface area (Å²) in [6, 6.07) is 7.84. The van der Waals surface area contributed by atoms with Crippen molar-refractivity contribution < 1.29 is 24.2 Å². The highest BCUT2D eigenvalue weighted by atomic mass is 16.5. The van der Waals surface area contributed by atoms with Crippen LogP contribution in [0.15, 0.2) is 24.3 Å². The van der Waals surface area contributed by atoms with E-state index in [1.807, 2.05) is 24.3 Å². The van der Waals surface area contributed by atoms with Crippen molar-refractivity contribution in [2.75, 3.05) is 13.2 Å². The fourth-order valence-electron chi connectivity index (χ4n) is 2.54. The SMILES string of the molecule is CCCCOc1ccc(CCNC(=O)[C@@H]2CC[C@H](C(=O)O)O2)cc1. The number of carbonyl (C=O) groups excluding carboxylic acids is 1. The van der Waals surface area contributed by atoms with Crippen LogP contribution in [0.25, 0.3) is 0 Å². The first-order valence-corrected chi connectivity index (χ1v) is 8.48. The summed E-state index contributed by atoms with van der Waals surface area (Å²) in [5, 5.41) is 11.7. The van der Waals surface area contributed by atoms with E-state index in [4.69, 9.17) is 14.6 Å². The van der Waals surface area contributed by atoms with Gasteiger partial charge in [-0.05, 0) is 43.4 Å². The lowest BCUT2D eigenvalue weighted by atomic mass is 10.1. The largest absolute Gasteiger partial charge is 0.494 e. The second-order valence-corrected chi connectivity index (χ2v) is 5.92. The third-order valence-corrected chi connectivity index (χ3v) is 3.99. The monoisotopic (exact) mass is 335 g/mol. The standard InChI is InChI=1S/C18H25NO5/c1-2-3-12-23-14-6-4-13(5-7-14)10-11-19-17(20)15-8-9-16(24-15)18(21)22/h4-7,15-16H,2-3,8-12H2,1H3,(H,19,20)(H,21,22)/t15-,16+/m0/s1. The van der Waals surface area contributed by atoms with Crippen LogP contribution in [0, 0.1) is 0 Å². The third kappa shape index (κ3) is 5.53. The van der Waals surface area contributed by atoms with Crippen molar-refractivity contribution in [1.82, 2.24) is 5.32 Å². The van der Waals surface area contributed by atoms with E-state index in [1.54, 1.807) is 0 Å². The molecule has 132 valence electrons. The summed E-state index contributed by atoms with van der Waals surface area (Å²) in [5.74, 6) is -0.389. The molecule has 1 aromatic rings. The smallest absolute Gasteiger partial charge is 0.332 e. The molecule has 0 radical (unpaired) electrons. The highest BCUT2D eigenvalue weighted by Crippen LogP contribution is 2.20. The minimum absolute atomic E-state index is 0.238. The lowest BCUT2D eigenvalue weighted by Gasteiger charge is -2.12. The number of carbonyl (C=O) groups is 2. The van der Waals surface area contributed by atoms with Crippen molar-refractivity contribution in [1.29, 1.82) is 0 Å². The molecule has 0 spiro atoms. The Morgan fingerprint density at radius 1 is 1.25 bits per heavy atom. The molecule has 0 aliphatic carbocycles. The van der Waals surface area contributed by atoms with Gasteiger partial charge in [-0.1, -0.05) is 25.5 Å². The van der Waals surface area contributed by atoms with Crippen LogP contribution in [0.4, 0.5) is 0 Å². The average Bonchev–Trinajstić information content (AvgIpc) is 3.07. The number of unbranched alkanes of at least 4 members (excludes halogenated alkanes) is 1. The molecule has 0 aromatic heterocycles. The minimum Gasteiger partial charge on any atom is -0.494 e. The molecule has 0 bridgehead atoms. The summed E-state index contributed by atoms with van der Waals surface area (Å²) < 4.78 is 10.8. The van der Waals surface area contributed by atoms with Crippen molar-refractivity contribution in [3.05, 3.63) is 29.8 Å². The van der Waals surface area contributed by atoms with Crippen LogP contribution in [0.1, 0.15) is 38.2 Å². The van der Waals surface area contributed by atoms with Crippen LogP contribution in [-0.2, 0) is 20.7 Å². The fourth-order valence-corrected chi connectivity index (χ4v) is 2.54. The minimum atomic E-state index is -1.01. The first kappa shape index (κ1) is 18.3. The number of hydrogen-bond donors (Lipinski definition) is 2. The Bertz CT molecular complexity index is 543. The van der Waals surface area contributed by atoms with Gasteiger partial charge in [0.15, 0.2) is 6.10 Å². The number of benzene rings is 1. The predicted molar refractivity (Wildman–Crippen MR) is 89.1 cm³/mol. The molecule has 1 aliphatic rings. The molecule has 2 N–H and O–H groups in total. The Morgan fingerprint density at radius 3 is 2.58 bits per heavy atom. The second-order valence-electron chi connectivity index (χ2n) is 5.92. The number of carboxylic acid groups (broad SMARTS) is 1. The van der Waals surface area contributed by atoms with Crippen LogP contribution in [0.5, 0.6) is 5.75 Å². The van der Waals surface area contributed by atoms with E-state index in [0.717, 1.165) is 30.8 Å². The zero-order valence-corrected chi connectivity index (χ0v) is 14.0. The van der Waals surface area contributed by atoms with Crippen molar-refractivity contribution in [3.63, 3.8) is 0 Å². The number of carboxylic acids is 1.